The molecular formula is C20H14Cl2N2O4S. The van der Waals surface area contributed by atoms with Gasteiger partial charge < -0.3 is 15.6 Å². The summed E-state index contributed by atoms with van der Waals surface area (Å²) in [4.78, 5) is 24.4. The zero-order chi connectivity index (χ0) is 20.7. The van der Waals surface area contributed by atoms with E-state index in [1.165, 1.54) is 6.20 Å². The van der Waals surface area contributed by atoms with Crippen molar-refractivity contribution in [2.75, 3.05) is 5.43 Å². The van der Waals surface area contributed by atoms with Gasteiger partial charge in [-0.15, -0.1) is 11.8 Å². The summed E-state index contributed by atoms with van der Waals surface area (Å²) < 4.78 is 1.14. The quantitative estimate of drug-likeness (QED) is 0.546. The first-order chi connectivity index (χ1) is 13.9. The molecule has 2 heterocycles. The van der Waals surface area contributed by atoms with Crippen LogP contribution in [-0.4, -0.2) is 20.9 Å². The SMILES string of the molecule is O=C(O)c1c(O)c(=O)ccn1NC1c2ccccc2SCc2c1ccc(Cl)c2Cl. The van der Waals surface area contributed by atoms with Gasteiger partial charge in [-0.1, -0.05) is 47.5 Å². The molecule has 0 aliphatic carbocycles. The molecule has 9 heteroatoms. The minimum absolute atomic E-state index is 0.433. The number of rotatable bonds is 3. The Balaban J connectivity index is 1.93. The highest BCUT2D eigenvalue weighted by molar-refractivity contribution is 7.98. The summed E-state index contributed by atoms with van der Waals surface area (Å²) in [5.74, 6) is -1.68. The van der Waals surface area contributed by atoms with E-state index in [1.807, 2.05) is 30.3 Å². The summed E-state index contributed by atoms with van der Waals surface area (Å²) >= 11 is 14.3. The summed E-state index contributed by atoms with van der Waals surface area (Å²) in [6.07, 6.45) is 1.28. The Morgan fingerprint density at radius 3 is 2.66 bits per heavy atom. The van der Waals surface area contributed by atoms with Crippen molar-refractivity contribution < 1.29 is 15.0 Å². The van der Waals surface area contributed by atoms with Crippen LogP contribution in [0, 0.1) is 0 Å². The normalized spacial score (nSPS) is 15.2. The van der Waals surface area contributed by atoms with E-state index in [0.29, 0.717) is 15.8 Å². The van der Waals surface area contributed by atoms with Gasteiger partial charge in [0, 0.05) is 22.9 Å². The van der Waals surface area contributed by atoms with Gasteiger partial charge in [-0.25, -0.2) is 4.79 Å². The van der Waals surface area contributed by atoms with Gasteiger partial charge >= 0.3 is 5.97 Å². The lowest BCUT2D eigenvalue weighted by atomic mass is 9.95. The number of carboxylic acids is 1. The number of fused-ring (bicyclic) bond motifs is 2. The number of hydrogen-bond acceptors (Lipinski definition) is 5. The molecule has 3 aromatic rings. The third-order valence-electron chi connectivity index (χ3n) is 4.69. The number of pyridine rings is 1. The van der Waals surface area contributed by atoms with Crippen LogP contribution >= 0.6 is 35.0 Å². The van der Waals surface area contributed by atoms with Gasteiger partial charge in [-0.3, -0.25) is 9.47 Å². The van der Waals surface area contributed by atoms with Crippen molar-refractivity contribution >= 4 is 40.9 Å². The topological polar surface area (TPSA) is 91.6 Å². The van der Waals surface area contributed by atoms with E-state index < -0.39 is 28.9 Å². The molecule has 0 radical (unpaired) electrons. The molecule has 29 heavy (non-hydrogen) atoms. The zero-order valence-electron chi connectivity index (χ0n) is 14.7. The van der Waals surface area contributed by atoms with E-state index in [0.717, 1.165) is 32.3 Å². The van der Waals surface area contributed by atoms with Crippen molar-refractivity contribution in [1.82, 2.24) is 4.68 Å². The predicted molar refractivity (Wildman–Crippen MR) is 113 cm³/mol. The number of aromatic hydroxyl groups is 1. The van der Waals surface area contributed by atoms with Gasteiger partial charge in [0.25, 0.3) is 0 Å². The Labute approximate surface area is 179 Å². The molecule has 1 unspecified atom stereocenters. The fourth-order valence-corrected chi connectivity index (χ4v) is 4.94. The molecule has 2 aromatic carbocycles. The van der Waals surface area contributed by atoms with Crippen LogP contribution < -0.4 is 10.9 Å². The van der Waals surface area contributed by atoms with E-state index in [-0.39, 0.29) is 0 Å². The summed E-state index contributed by atoms with van der Waals surface area (Å²) in [5, 5.41) is 20.4. The van der Waals surface area contributed by atoms with Crippen LogP contribution in [0.25, 0.3) is 0 Å². The minimum Gasteiger partial charge on any atom is -0.502 e. The van der Waals surface area contributed by atoms with Gasteiger partial charge in [0.15, 0.2) is 11.4 Å². The predicted octanol–water partition coefficient (Wildman–Crippen LogP) is 4.50. The van der Waals surface area contributed by atoms with Crippen LogP contribution in [0.2, 0.25) is 10.0 Å². The molecule has 1 aliphatic heterocycles. The fourth-order valence-electron chi connectivity index (χ4n) is 3.31. The molecule has 1 atom stereocenters. The van der Waals surface area contributed by atoms with Gasteiger partial charge in [0.05, 0.1) is 16.1 Å². The number of aromatic carboxylic acids is 1. The second-order valence-corrected chi connectivity index (χ2v) is 8.17. The molecule has 4 rings (SSSR count). The molecule has 0 bridgehead atoms. The molecule has 148 valence electrons. The van der Waals surface area contributed by atoms with E-state index in [4.69, 9.17) is 23.2 Å². The van der Waals surface area contributed by atoms with Crippen LogP contribution in [0.4, 0.5) is 0 Å². The number of thioether (sulfide) groups is 1. The summed E-state index contributed by atoms with van der Waals surface area (Å²) in [6, 6.07) is 11.8. The van der Waals surface area contributed by atoms with E-state index in [1.54, 1.807) is 17.8 Å². The van der Waals surface area contributed by atoms with Gasteiger partial charge in [0.1, 0.15) is 0 Å². The Bertz CT molecular complexity index is 1200. The highest BCUT2D eigenvalue weighted by Crippen LogP contribution is 2.43. The molecule has 6 nitrogen and oxygen atoms in total. The number of nitrogens with one attached hydrogen (secondary N) is 1. The largest absolute Gasteiger partial charge is 0.502 e. The maximum Gasteiger partial charge on any atom is 0.358 e. The number of carbonyl (C=O) groups is 1. The zero-order valence-corrected chi connectivity index (χ0v) is 17.1. The third kappa shape index (κ3) is 3.46. The van der Waals surface area contributed by atoms with Crippen molar-refractivity contribution in [3.63, 3.8) is 0 Å². The summed E-state index contributed by atoms with van der Waals surface area (Å²) in [5.41, 5.74) is 4.37. The highest BCUT2D eigenvalue weighted by atomic mass is 35.5. The van der Waals surface area contributed by atoms with Crippen molar-refractivity contribution in [2.24, 2.45) is 0 Å². The number of carboxylic acid groups (broad SMARTS) is 1. The maximum atomic E-state index is 11.7. The molecule has 0 saturated heterocycles. The average Bonchev–Trinajstić information content (AvgIpc) is 2.85. The summed E-state index contributed by atoms with van der Waals surface area (Å²) in [6.45, 7) is 0. The van der Waals surface area contributed by atoms with Crippen molar-refractivity contribution in [3.8, 4) is 5.75 Å². The molecule has 0 saturated carbocycles. The first kappa shape index (κ1) is 19.7. The second-order valence-electron chi connectivity index (χ2n) is 6.37. The minimum atomic E-state index is -1.43. The molecule has 1 aliphatic rings. The molecule has 1 aromatic heterocycles. The lowest BCUT2D eigenvalue weighted by Gasteiger charge is -2.25. The first-order valence-electron chi connectivity index (χ1n) is 8.51. The maximum absolute atomic E-state index is 11.7. The van der Waals surface area contributed by atoms with Crippen LogP contribution in [0.1, 0.15) is 33.2 Å². The lowest BCUT2D eigenvalue weighted by molar-refractivity contribution is 0.0681. The van der Waals surface area contributed by atoms with Crippen LogP contribution in [0.15, 0.2) is 58.4 Å². The molecule has 0 amide bonds. The van der Waals surface area contributed by atoms with E-state index in [9.17, 15) is 19.8 Å². The van der Waals surface area contributed by atoms with Crippen molar-refractivity contribution in [2.45, 2.75) is 16.7 Å². The number of nitrogens with zero attached hydrogens (tertiary/aromatic N) is 1. The van der Waals surface area contributed by atoms with Crippen LogP contribution in [0.3, 0.4) is 0 Å². The van der Waals surface area contributed by atoms with Crippen LogP contribution in [-0.2, 0) is 5.75 Å². The fraction of sp³-hybridized carbons (Fsp3) is 0.100. The Morgan fingerprint density at radius 2 is 1.90 bits per heavy atom. The van der Waals surface area contributed by atoms with E-state index >= 15 is 0 Å². The number of benzene rings is 2. The molecule has 3 N–H and O–H groups in total. The average molecular weight is 449 g/mol. The van der Waals surface area contributed by atoms with Crippen LogP contribution in [0.5, 0.6) is 5.75 Å². The first-order valence-corrected chi connectivity index (χ1v) is 10.3. The second kappa shape index (κ2) is 7.67. The third-order valence-corrected chi connectivity index (χ3v) is 6.65. The van der Waals surface area contributed by atoms with Crippen molar-refractivity contribution in [3.05, 3.63) is 91.3 Å². The molecular weight excluding hydrogens is 435 g/mol. The smallest absolute Gasteiger partial charge is 0.358 e. The Morgan fingerprint density at radius 1 is 1.14 bits per heavy atom. The molecule has 0 spiro atoms. The van der Waals surface area contributed by atoms with E-state index in [2.05, 4.69) is 5.43 Å². The molecule has 0 fully saturated rings. The number of hydrogen-bond donors (Lipinski definition) is 3. The monoisotopic (exact) mass is 448 g/mol. The number of halogens is 2. The van der Waals surface area contributed by atoms with Gasteiger partial charge in [-0.2, -0.15) is 0 Å². The highest BCUT2D eigenvalue weighted by Gasteiger charge is 2.28. The van der Waals surface area contributed by atoms with Gasteiger partial charge in [0.2, 0.25) is 5.43 Å². The van der Waals surface area contributed by atoms with Gasteiger partial charge in [-0.05, 0) is 28.8 Å². The standard InChI is InChI=1S/C20H14Cl2N2O4S/c21-13-6-5-10-12(16(13)22)9-29-15-4-2-1-3-11(15)17(10)23-24-8-7-14(25)19(26)18(24)20(27)28/h1-8,17,23,26H,9H2,(H,27,28). The summed E-state index contributed by atoms with van der Waals surface area (Å²) in [7, 11) is 0. The number of aromatic nitrogens is 1. The Kier molecular flexibility index (Phi) is 5.21. The van der Waals surface area contributed by atoms with Crippen molar-refractivity contribution in [1.29, 1.82) is 0 Å². The Hall–Kier alpha value is -2.61. The lowest BCUT2D eigenvalue weighted by Crippen LogP contribution is -2.28.